The van der Waals surface area contributed by atoms with Crippen LogP contribution in [0.2, 0.25) is 0 Å². The number of nitrogens with one attached hydrogen (secondary N) is 2. The second-order valence-corrected chi connectivity index (χ2v) is 9.49. The molecule has 0 saturated heterocycles. The first kappa shape index (κ1) is 25.7. The summed E-state index contributed by atoms with van der Waals surface area (Å²) in [5, 5.41) is 11.3. The molecule has 1 heterocycles. The molecule has 0 saturated carbocycles. The van der Waals surface area contributed by atoms with Gasteiger partial charge in [0.1, 0.15) is 28.4 Å². The van der Waals surface area contributed by atoms with Gasteiger partial charge in [-0.3, -0.25) is 9.78 Å². The lowest BCUT2D eigenvalue weighted by Gasteiger charge is -2.21. The van der Waals surface area contributed by atoms with Crippen molar-refractivity contribution in [1.82, 2.24) is 15.6 Å². The van der Waals surface area contributed by atoms with Crippen LogP contribution >= 0.6 is 0 Å². The summed E-state index contributed by atoms with van der Waals surface area (Å²) in [4.78, 5) is 26.5. The van der Waals surface area contributed by atoms with Gasteiger partial charge in [-0.15, -0.1) is 0 Å². The third-order valence-corrected chi connectivity index (χ3v) is 7.10. The maximum Gasteiger partial charge on any atom is 0.404 e. The average molecular weight is 507 g/mol. The molecule has 35 heavy (non-hydrogen) atoms. The van der Waals surface area contributed by atoms with Crippen molar-refractivity contribution >= 4 is 21.8 Å². The van der Waals surface area contributed by atoms with E-state index < -0.39 is 50.1 Å². The van der Waals surface area contributed by atoms with E-state index >= 15 is 0 Å². The number of aromatic nitrogens is 1. The summed E-state index contributed by atoms with van der Waals surface area (Å²) in [6, 6.07) is 7.59. The molecule has 0 aliphatic carbocycles. The van der Waals surface area contributed by atoms with Gasteiger partial charge < -0.3 is 15.7 Å². The zero-order valence-electron chi connectivity index (χ0n) is 18.3. The van der Waals surface area contributed by atoms with E-state index in [9.17, 15) is 31.2 Å². The lowest BCUT2D eigenvalue weighted by molar-refractivity contribution is 0.0948. The number of nitrogens with zero attached hydrogens (tertiary/aromatic N) is 1. The van der Waals surface area contributed by atoms with Crippen LogP contribution < -0.4 is 10.6 Å². The second-order valence-electron chi connectivity index (χ2n) is 7.46. The Bertz CT molecular complexity index is 1370. The minimum atomic E-state index is -4.42. The monoisotopic (exact) mass is 507 g/mol. The predicted octanol–water partition coefficient (Wildman–Crippen LogP) is 3.37. The van der Waals surface area contributed by atoms with E-state index in [0.29, 0.717) is 0 Å². The summed E-state index contributed by atoms with van der Waals surface area (Å²) in [6.45, 7) is 1.41. The fraction of sp³-hybridized carbons (Fsp3) is 0.174. The van der Waals surface area contributed by atoms with Crippen LogP contribution in [0.1, 0.15) is 32.4 Å². The molecule has 1 unspecified atom stereocenters. The standard InChI is InChI=1S/C23H20F3N3O5S/c1-13-10-20(22(30)27-8-9-28-23(31)32)29-12-18(13)21(17-11-15(25)4-7-19(17)26)35(33,34)16-5-2-14(24)3-6-16/h2-7,10-12,21,28H,8-9H2,1H3,(H,27,30)(H,31,32). The van der Waals surface area contributed by atoms with Crippen molar-refractivity contribution in [2.75, 3.05) is 13.1 Å². The molecule has 0 radical (unpaired) electrons. The van der Waals surface area contributed by atoms with Gasteiger partial charge in [0.2, 0.25) is 0 Å². The van der Waals surface area contributed by atoms with Gasteiger partial charge in [0, 0.05) is 24.8 Å². The highest BCUT2D eigenvalue weighted by Crippen LogP contribution is 2.38. The summed E-state index contributed by atoms with van der Waals surface area (Å²) < 4.78 is 69.2. The maximum absolute atomic E-state index is 14.8. The second kappa shape index (κ2) is 10.6. The lowest BCUT2D eigenvalue weighted by atomic mass is 10.0. The molecule has 2 aromatic carbocycles. The van der Waals surface area contributed by atoms with E-state index in [4.69, 9.17) is 5.11 Å². The van der Waals surface area contributed by atoms with Crippen LogP contribution in [0, 0.1) is 24.4 Å². The molecular weight excluding hydrogens is 487 g/mol. The fourth-order valence-corrected chi connectivity index (χ4v) is 5.26. The Labute approximate surface area is 198 Å². The number of halogens is 3. The number of carbonyl (C=O) groups is 2. The van der Waals surface area contributed by atoms with Gasteiger partial charge in [-0.2, -0.15) is 0 Å². The van der Waals surface area contributed by atoms with Crippen molar-refractivity contribution in [2.24, 2.45) is 0 Å². The van der Waals surface area contributed by atoms with E-state index in [1.165, 1.54) is 13.0 Å². The predicted molar refractivity (Wildman–Crippen MR) is 119 cm³/mol. The molecule has 3 rings (SSSR count). The number of amides is 2. The van der Waals surface area contributed by atoms with Crippen molar-refractivity contribution in [1.29, 1.82) is 0 Å². The number of aryl methyl sites for hydroxylation is 1. The van der Waals surface area contributed by atoms with Gasteiger partial charge in [0.05, 0.1) is 4.90 Å². The van der Waals surface area contributed by atoms with Gasteiger partial charge in [0.15, 0.2) is 9.84 Å². The van der Waals surface area contributed by atoms with Crippen LogP contribution in [0.3, 0.4) is 0 Å². The van der Waals surface area contributed by atoms with E-state index in [1.807, 2.05) is 0 Å². The molecule has 0 spiro atoms. The molecule has 1 atom stereocenters. The quantitative estimate of drug-likeness (QED) is 0.317. The number of benzene rings is 2. The van der Waals surface area contributed by atoms with E-state index in [2.05, 4.69) is 15.6 Å². The number of hydrogen-bond donors (Lipinski definition) is 3. The van der Waals surface area contributed by atoms with Crippen LogP contribution in [0.4, 0.5) is 18.0 Å². The van der Waals surface area contributed by atoms with Gasteiger partial charge in [-0.25, -0.2) is 26.4 Å². The molecule has 3 N–H and O–H groups in total. The van der Waals surface area contributed by atoms with Crippen LogP contribution in [-0.4, -0.2) is 43.6 Å². The van der Waals surface area contributed by atoms with Crippen molar-refractivity contribution in [2.45, 2.75) is 17.1 Å². The largest absolute Gasteiger partial charge is 0.465 e. The molecule has 0 bridgehead atoms. The molecule has 0 aliphatic heterocycles. The highest BCUT2D eigenvalue weighted by Gasteiger charge is 2.35. The normalized spacial score (nSPS) is 12.1. The van der Waals surface area contributed by atoms with Gasteiger partial charge in [-0.1, -0.05) is 0 Å². The van der Waals surface area contributed by atoms with E-state index in [0.717, 1.165) is 48.7 Å². The Hall–Kier alpha value is -3.93. The third-order valence-electron chi connectivity index (χ3n) is 5.05. The Morgan fingerprint density at radius 1 is 0.943 bits per heavy atom. The zero-order chi connectivity index (χ0) is 25.8. The molecule has 2 amide bonds. The average Bonchev–Trinajstić information content (AvgIpc) is 2.80. The number of carbonyl (C=O) groups excluding carboxylic acids is 1. The number of sulfone groups is 1. The molecule has 0 aliphatic rings. The van der Waals surface area contributed by atoms with Crippen molar-refractivity contribution in [3.05, 3.63) is 94.6 Å². The Morgan fingerprint density at radius 2 is 1.57 bits per heavy atom. The van der Waals surface area contributed by atoms with Crippen LogP contribution in [-0.2, 0) is 9.84 Å². The van der Waals surface area contributed by atoms with E-state index in [-0.39, 0.29) is 34.8 Å². The molecule has 12 heteroatoms. The molecule has 1 aromatic heterocycles. The molecule has 3 aromatic rings. The minimum absolute atomic E-state index is 0.0112. The summed E-state index contributed by atoms with van der Waals surface area (Å²) in [6.07, 6.45) is -0.175. The first-order valence-corrected chi connectivity index (χ1v) is 11.7. The lowest BCUT2D eigenvalue weighted by Crippen LogP contribution is -2.34. The zero-order valence-corrected chi connectivity index (χ0v) is 19.1. The van der Waals surface area contributed by atoms with Crippen LogP contribution in [0.15, 0.2) is 59.6 Å². The summed E-state index contributed by atoms with van der Waals surface area (Å²) in [7, 11) is -4.42. The summed E-state index contributed by atoms with van der Waals surface area (Å²) >= 11 is 0. The molecular formula is C23H20F3N3O5S. The highest BCUT2D eigenvalue weighted by atomic mass is 32.2. The van der Waals surface area contributed by atoms with Crippen molar-refractivity contribution in [3.8, 4) is 0 Å². The molecule has 8 nitrogen and oxygen atoms in total. The summed E-state index contributed by atoms with van der Waals surface area (Å²) in [5.74, 6) is -3.17. The number of pyridine rings is 1. The van der Waals surface area contributed by atoms with Crippen molar-refractivity contribution in [3.63, 3.8) is 0 Å². The highest BCUT2D eigenvalue weighted by molar-refractivity contribution is 7.92. The topological polar surface area (TPSA) is 125 Å². The first-order valence-electron chi connectivity index (χ1n) is 10.2. The van der Waals surface area contributed by atoms with Crippen molar-refractivity contribution < 1.29 is 36.3 Å². The third kappa shape index (κ3) is 5.96. The smallest absolute Gasteiger partial charge is 0.404 e. The van der Waals surface area contributed by atoms with Crippen LogP contribution in [0.25, 0.3) is 0 Å². The number of rotatable bonds is 8. The fourth-order valence-electron chi connectivity index (χ4n) is 3.38. The Balaban J connectivity index is 2.04. The van der Waals surface area contributed by atoms with Gasteiger partial charge in [-0.05, 0) is 66.6 Å². The number of hydrogen-bond acceptors (Lipinski definition) is 5. The van der Waals surface area contributed by atoms with Gasteiger partial charge >= 0.3 is 6.09 Å². The van der Waals surface area contributed by atoms with Crippen LogP contribution in [0.5, 0.6) is 0 Å². The summed E-state index contributed by atoms with van der Waals surface area (Å²) in [5.41, 5.74) is -0.341. The molecule has 184 valence electrons. The Kier molecular flexibility index (Phi) is 7.75. The van der Waals surface area contributed by atoms with E-state index in [1.54, 1.807) is 0 Å². The maximum atomic E-state index is 14.8. The molecule has 0 fully saturated rings. The first-order chi connectivity index (χ1) is 16.5. The minimum Gasteiger partial charge on any atom is -0.465 e. The van der Waals surface area contributed by atoms with Gasteiger partial charge in [0.25, 0.3) is 5.91 Å². The SMILES string of the molecule is Cc1cc(C(=O)NCCNC(=O)O)ncc1C(c1cc(F)ccc1F)S(=O)(=O)c1ccc(F)cc1. The number of carboxylic acid groups (broad SMARTS) is 1. The Morgan fingerprint density at radius 3 is 2.20 bits per heavy atom.